The van der Waals surface area contributed by atoms with Crippen LogP contribution in [0.5, 0.6) is 0 Å². The topological polar surface area (TPSA) is 57.1 Å². The van der Waals surface area contributed by atoms with Crippen molar-refractivity contribution in [1.29, 1.82) is 0 Å². The van der Waals surface area contributed by atoms with Gasteiger partial charge in [-0.1, -0.05) is 71.9 Å². The van der Waals surface area contributed by atoms with E-state index in [1.54, 1.807) is 6.08 Å². The molecular weight excluding hydrogens is 444 g/mol. The van der Waals surface area contributed by atoms with Crippen molar-refractivity contribution in [3.8, 4) is 0 Å². The van der Waals surface area contributed by atoms with Crippen LogP contribution in [0.2, 0.25) is 0 Å². The van der Waals surface area contributed by atoms with Crippen LogP contribution >= 0.6 is 0 Å². The molecule has 1 aromatic carbocycles. The molecule has 36 heavy (non-hydrogen) atoms. The molecule has 5 nitrogen and oxygen atoms in total. The van der Waals surface area contributed by atoms with Crippen LogP contribution < -0.4 is 5.32 Å². The van der Waals surface area contributed by atoms with E-state index in [-0.39, 0.29) is 11.9 Å². The predicted octanol–water partition coefficient (Wildman–Crippen LogP) is 7.55. The largest absolute Gasteiger partial charge is 0.313 e. The van der Waals surface area contributed by atoms with Crippen LogP contribution in [-0.4, -0.2) is 48.5 Å². The minimum absolute atomic E-state index is 0.0179. The Morgan fingerprint density at radius 1 is 1.17 bits per heavy atom. The Labute approximate surface area is 220 Å². The van der Waals surface area contributed by atoms with Crippen LogP contribution in [0.4, 0.5) is 5.69 Å². The van der Waals surface area contributed by atoms with E-state index in [0.29, 0.717) is 24.2 Å². The van der Waals surface area contributed by atoms with Gasteiger partial charge in [-0.3, -0.25) is 14.7 Å². The van der Waals surface area contributed by atoms with Gasteiger partial charge in [0.25, 0.3) is 0 Å². The maximum absolute atomic E-state index is 12.9. The Hall–Kier alpha value is -2.53. The number of rotatable bonds is 15. The maximum Gasteiger partial charge on any atom is 0.239 e. The Kier molecular flexibility index (Phi) is 14.9. The van der Waals surface area contributed by atoms with Crippen LogP contribution in [0, 0.1) is 11.8 Å². The Balaban J connectivity index is 2.99. The lowest BCUT2D eigenvalue weighted by atomic mass is 9.94. The van der Waals surface area contributed by atoms with Gasteiger partial charge in [-0.2, -0.15) is 0 Å². The molecule has 0 spiro atoms. The molecule has 0 aliphatic heterocycles. The molecule has 1 N–H and O–H groups in total. The molecule has 0 aliphatic carbocycles. The lowest BCUT2D eigenvalue weighted by Gasteiger charge is -2.24. The van der Waals surface area contributed by atoms with E-state index in [2.05, 4.69) is 75.5 Å². The van der Waals surface area contributed by atoms with Gasteiger partial charge in [-0.15, -0.1) is 0 Å². The summed E-state index contributed by atoms with van der Waals surface area (Å²) in [5, 5.41) is 3.00. The quantitative estimate of drug-likeness (QED) is 0.202. The van der Waals surface area contributed by atoms with Gasteiger partial charge in [0.1, 0.15) is 5.84 Å². The molecule has 200 valence electrons. The number of amidine groups is 1. The van der Waals surface area contributed by atoms with Crippen molar-refractivity contribution < 1.29 is 4.79 Å². The van der Waals surface area contributed by atoms with Gasteiger partial charge >= 0.3 is 0 Å². The first-order valence-electron chi connectivity index (χ1n) is 13.7. The summed E-state index contributed by atoms with van der Waals surface area (Å²) in [4.78, 5) is 24.5. The van der Waals surface area contributed by atoms with Crippen molar-refractivity contribution >= 4 is 35.3 Å². The number of allylic oxidation sites excluding steroid dienone is 2. The van der Waals surface area contributed by atoms with Crippen LogP contribution in [0.25, 0.3) is 11.6 Å². The first-order valence-corrected chi connectivity index (χ1v) is 13.7. The number of aliphatic imine (C=N–C) groups is 2. The van der Waals surface area contributed by atoms with Crippen LogP contribution in [0.3, 0.4) is 0 Å². The fraction of sp³-hybridized carbons (Fsp3) is 0.581. The van der Waals surface area contributed by atoms with Gasteiger partial charge in [0, 0.05) is 12.3 Å². The molecule has 0 fully saturated rings. The highest BCUT2D eigenvalue weighted by atomic mass is 16.2. The van der Waals surface area contributed by atoms with Gasteiger partial charge < -0.3 is 5.32 Å². The van der Waals surface area contributed by atoms with Crippen molar-refractivity contribution in [2.75, 3.05) is 19.6 Å². The second-order valence-electron chi connectivity index (χ2n) is 10.1. The molecule has 0 aromatic heterocycles. The summed E-state index contributed by atoms with van der Waals surface area (Å²) >= 11 is 0. The first kappa shape index (κ1) is 31.5. The number of nitrogens with zero attached hydrogens (tertiary/aromatic N) is 3. The van der Waals surface area contributed by atoms with Crippen molar-refractivity contribution in [3.63, 3.8) is 0 Å². The Bertz CT molecular complexity index is 913. The van der Waals surface area contributed by atoms with Crippen molar-refractivity contribution in [2.24, 2.45) is 21.8 Å². The van der Waals surface area contributed by atoms with Crippen molar-refractivity contribution in [1.82, 2.24) is 10.2 Å². The van der Waals surface area contributed by atoms with Gasteiger partial charge in [-0.05, 0) is 87.7 Å². The summed E-state index contributed by atoms with van der Waals surface area (Å²) in [6, 6.07) is 6.39. The van der Waals surface area contributed by atoms with Gasteiger partial charge in [0.15, 0.2) is 0 Å². The summed E-state index contributed by atoms with van der Waals surface area (Å²) in [6.07, 6.45) is 10.1. The highest BCUT2D eigenvalue weighted by molar-refractivity contribution is 6.10. The third kappa shape index (κ3) is 11.5. The molecule has 0 heterocycles. The van der Waals surface area contributed by atoms with Gasteiger partial charge in [0.2, 0.25) is 5.91 Å². The molecule has 0 aliphatic rings. The van der Waals surface area contributed by atoms with E-state index >= 15 is 0 Å². The standard InChI is InChI=1S/C31H50N4O/c1-10-14-18-35(19-17-24(7)23(5)6)22-31(36)34-26(9)33-30-20-29(16-15-27(30)12-3)28(13-4)21-32-25(8)11-2/h12-13,15-16,20-21,23-25H,3,10-11,14,17-19,22H2,1-2,4-9H3,(H,33,34,36)/b28-13+,32-21?. The van der Waals surface area contributed by atoms with Crippen molar-refractivity contribution in [3.05, 3.63) is 42.0 Å². The molecule has 0 radical (unpaired) electrons. The monoisotopic (exact) mass is 494 g/mol. The lowest BCUT2D eigenvalue weighted by molar-refractivity contribution is -0.120. The molecule has 0 bridgehead atoms. The second kappa shape index (κ2) is 17.0. The molecule has 1 aromatic rings. The summed E-state index contributed by atoms with van der Waals surface area (Å²) < 4.78 is 0. The molecular formula is C31H50N4O. The summed E-state index contributed by atoms with van der Waals surface area (Å²) in [7, 11) is 0. The van der Waals surface area contributed by atoms with E-state index in [1.807, 2.05) is 32.2 Å². The molecule has 2 atom stereocenters. The number of amides is 1. The Morgan fingerprint density at radius 2 is 1.89 bits per heavy atom. The molecule has 2 unspecified atom stereocenters. The number of nitrogens with one attached hydrogen (secondary N) is 1. The summed E-state index contributed by atoms with van der Waals surface area (Å²) in [5.41, 5.74) is 3.79. The van der Waals surface area contributed by atoms with E-state index in [0.717, 1.165) is 61.2 Å². The predicted molar refractivity (Wildman–Crippen MR) is 159 cm³/mol. The molecule has 1 rings (SSSR count). The van der Waals surface area contributed by atoms with Crippen LogP contribution in [0.15, 0.2) is 40.8 Å². The highest BCUT2D eigenvalue weighted by Gasteiger charge is 2.14. The first-order chi connectivity index (χ1) is 17.1. The van der Waals surface area contributed by atoms with Crippen molar-refractivity contribution in [2.45, 2.75) is 87.1 Å². The SMILES string of the molecule is C=Cc1ccc(/C(C=NC(C)CC)=C/C)cc1N=C(C)NC(=O)CN(CCCC)CCC(C)C(C)C. The zero-order chi connectivity index (χ0) is 27.1. The molecule has 0 saturated carbocycles. The minimum Gasteiger partial charge on any atom is -0.313 e. The van der Waals surface area contributed by atoms with Gasteiger partial charge in [0.05, 0.1) is 12.2 Å². The highest BCUT2D eigenvalue weighted by Crippen LogP contribution is 2.26. The summed E-state index contributed by atoms with van der Waals surface area (Å²) in [5.74, 6) is 1.86. The molecule has 0 saturated heterocycles. The molecule has 5 heteroatoms. The van der Waals surface area contributed by atoms with E-state index < -0.39 is 0 Å². The number of hydrogen-bond donors (Lipinski definition) is 1. The Morgan fingerprint density at radius 3 is 2.47 bits per heavy atom. The number of carbonyl (C=O) groups is 1. The zero-order valence-corrected chi connectivity index (χ0v) is 24.1. The number of benzene rings is 1. The average molecular weight is 495 g/mol. The van der Waals surface area contributed by atoms with E-state index in [9.17, 15) is 4.79 Å². The van der Waals surface area contributed by atoms with E-state index in [4.69, 9.17) is 4.99 Å². The lowest BCUT2D eigenvalue weighted by Crippen LogP contribution is -2.40. The number of hydrogen-bond acceptors (Lipinski definition) is 4. The minimum atomic E-state index is -0.0179. The zero-order valence-electron chi connectivity index (χ0n) is 24.1. The van der Waals surface area contributed by atoms with Crippen LogP contribution in [-0.2, 0) is 4.79 Å². The third-order valence-electron chi connectivity index (χ3n) is 6.80. The second-order valence-corrected chi connectivity index (χ2v) is 10.1. The molecule has 1 amide bonds. The maximum atomic E-state index is 12.9. The fourth-order valence-corrected chi connectivity index (χ4v) is 3.65. The normalized spacial score (nSPS) is 14.5. The average Bonchev–Trinajstić information content (AvgIpc) is 2.85. The van der Waals surface area contributed by atoms with Gasteiger partial charge in [-0.25, -0.2) is 4.99 Å². The summed E-state index contributed by atoms with van der Waals surface area (Å²) in [6.45, 7) is 23.3. The third-order valence-corrected chi connectivity index (χ3v) is 6.80. The fourth-order valence-electron chi connectivity index (χ4n) is 3.65. The van der Waals surface area contributed by atoms with Crippen LogP contribution in [0.1, 0.15) is 92.2 Å². The number of carbonyl (C=O) groups excluding carboxylic acids is 1. The van der Waals surface area contributed by atoms with E-state index in [1.165, 1.54) is 0 Å². The number of unbranched alkanes of at least 4 members (excludes halogenated alkanes) is 1. The smallest absolute Gasteiger partial charge is 0.239 e.